The van der Waals surface area contributed by atoms with Crippen molar-refractivity contribution in [3.05, 3.63) is 41.4 Å². The molecule has 5 N–H and O–H groups in total. The number of aliphatic hydroxyl groups is 1. The number of benzene rings is 1. The number of alkyl halides is 2. The molecule has 0 radical (unpaired) electrons. The fourth-order valence-corrected chi connectivity index (χ4v) is 7.74. The van der Waals surface area contributed by atoms with Crippen LogP contribution >= 0.6 is 23.4 Å². The van der Waals surface area contributed by atoms with Gasteiger partial charge in [0.15, 0.2) is 11.7 Å². The molecular weight excluding hydrogens is 560 g/mol. The molecule has 1 spiro atoms. The number of nitrogens with two attached hydrogens (primary N) is 2. The molecule has 1 aromatic carbocycles. The molecule has 1 aromatic heterocycles. The number of hydrogen-bond acceptors (Lipinski definition) is 9. The summed E-state index contributed by atoms with van der Waals surface area (Å²) in [6.07, 6.45) is 5.92. The normalized spacial score (nSPS) is 25.8. The van der Waals surface area contributed by atoms with Crippen LogP contribution in [0.2, 0.25) is 5.02 Å². The minimum absolute atomic E-state index is 0.0105. The predicted molar refractivity (Wildman–Crippen MR) is 151 cm³/mol. The van der Waals surface area contributed by atoms with Crippen LogP contribution in [0.4, 0.5) is 26.1 Å². The van der Waals surface area contributed by atoms with E-state index in [2.05, 4.69) is 9.97 Å². The Morgan fingerprint density at radius 2 is 1.95 bits per heavy atom. The Bertz CT molecular complexity index is 1350. The third kappa shape index (κ3) is 4.83. The predicted octanol–water partition coefficient (Wildman–Crippen LogP) is 4.76. The summed E-state index contributed by atoms with van der Waals surface area (Å²) in [6.45, 7) is 1.78. The summed E-state index contributed by atoms with van der Waals surface area (Å²) in [5, 5.41) is 11.2. The van der Waals surface area contributed by atoms with Crippen molar-refractivity contribution in [1.82, 2.24) is 14.9 Å². The topological polar surface area (TPSA) is 125 Å². The lowest BCUT2D eigenvalue weighted by Gasteiger charge is -2.45. The van der Waals surface area contributed by atoms with Gasteiger partial charge in [-0.05, 0) is 49.7 Å². The van der Waals surface area contributed by atoms with Gasteiger partial charge in [0, 0.05) is 43.4 Å². The summed E-state index contributed by atoms with van der Waals surface area (Å²) in [7, 11) is 0. The van der Waals surface area contributed by atoms with Gasteiger partial charge in [0.1, 0.15) is 17.0 Å². The lowest BCUT2D eigenvalue weighted by molar-refractivity contribution is -0.117. The first kappa shape index (κ1) is 27.3. The molecule has 0 bridgehead atoms. The van der Waals surface area contributed by atoms with Crippen molar-refractivity contribution in [1.29, 1.82) is 0 Å². The van der Waals surface area contributed by atoms with Gasteiger partial charge >= 0.3 is 0 Å². The number of carbonyl (C=O) groups excluding carboxylic acids is 1. The van der Waals surface area contributed by atoms with E-state index in [1.54, 1.807) is 17.2 Å². The minimum Gasteiger partial charge on any atom is -0.494 e. The molecule has 1 unspecified atom stereocenters. The van der Waals surface area contributed by atoms with Crippen LogP contribution in [0.25, 0.3) is 0 Å². The Labute approximate surface area is 240 Å². The van der Waals surface area contributed by atoms with Gasteiger partial charge in [-0.15, -0.1) is 0 Å². The number of piperidine rings is 2. The summed E-state index contributed by atoms with van der Waals surface area (Å²) >= 11 is 8.10. The third-order valence-electron chi connectivity index (χ3n) is 8.71. The number of hydrogen-bond donors (Lipinski definition) is 3. The first-order valence-corrected chi connectivity index (χ1v) is 14.7. The van der Waals surface area contributed by atoms with Gasteiger partial charge in [-0.2, -0.15) is 0 Å². The Morgan fingerprint density at radius 3 is 2.65 bits per heavy atom. The number of fused-ring (bicyclic) bond motifs is 1. The van der Waals surface area contributed by atoms with Crippen molar-refractivity contribution >= 4 is 46.6 Å². The fourth-order valence-electron chi connectivity index (χ4n) is 6.61. The second-order valence-electron chi connectivity index (χ2n) is 11.2. The molecule has 1 saturated carbocycles. The van der Waals surface area contributed by atoms with Crippen LogP contribution in [0.15, 0.2) is 46.3 Å². The van der Waals surface area contributed by atoms with E-state index < -0.39 is 17.4 Å². The van der Waals surface area contributed by atoms with Crippen LogP contribution in [0, 0.1) is 5.41 Å². The average molecular weight is 592 g/mol. The molecule has 1 amide bonds. The standard InChI is InChI=1S/C27H32ClF2N7O2S/c28-23-16(37-20-6-1-2-9-36(20)21(38)12-22(37)39)4-3-5-17(23)40-25-24(32)34-19(14-33-25)35-10-7-26(8-11-35)15-27(29,30)13-18(26)31/h3-5,12,14,18,20,38H,1-2,6-11,13,15,31H2,(H2,32,34)/t18?,20-/m0/s1. The first-order valence-electron chi connectivity index (χ1n) is 13.5. The molecule has 9 nitrogen and oxygen atoms in total. The maximum absolute atomic E-state index is 14.0. The van der Waals surface area contributed by atoms with Gasteiger partial charge in [0.05, 0.1) is 23.0 Å². The molecule has 13 heteroatoms. The van der Waals surface area contributed by atoms with E-state index in [0.717, 1.165) is 19.3 Å². The van der Waals surface area contributed by atoms with Gasteiger partial charge in [0.25, 0.3) is 5.91 Å². The molecule has 40 heavy (non-hydrogen) atoms. The van der Waals surface area contributed by atoms with E-state index in [4.69, 9.17) is 23.1 Å². The number of amides is 1. The number of nitrogens with zero attached hydrogens (tertiary/aromatic N) is 5. The molecular formula is C27H32ClF2N7O2S. The van der Waals surface area contributed by atoms with Crippen LogP contribution in [0.1, 0.15) is 44.9 Å². The van der Waals surface area contributed by atoms with Gasteiger partial charge in [0.2, 0.25) is 5.92 Å². The molecule has 2 atom stereocenters. The number of nitrogen functional groups attached to an aromatic ring is 1. The Morgan fingerprint density at radius 1 is 1.18 bits per heavy atom. The van der Waals surface area contributed by atoms with Crippen molar-refractivity contribution in [2.75, 3.05) is 35.2 Å². The molecule has 2 saturated heterocycles. The monoisotopic (exact) mass is 591 g/mol. The minimum atomic E-state index is -2.70. The highest BCUT2D eigenvalue weighted by Crippen LogP contribution is 2.52. The van der Waals surface area contributed by atoms with E-state index in [-0.39, 0.29) is 36.6 Å². The largest absolute Gasteiger partial charge is 0.494 e. The van der Waals surface area contributed by atoms with Crippen LogP contribution in [0.5, 0.6) is 0 Å². The molecule has 3 fully saturated rings. The lowest BCUT2D eigenvalue weighted by Crippen LogP contribution is -2.55. The van der Waals surface area contributed by atoms with Gasteiger partial charge in [-0.3, -0.25) is 9.69 Å². The van der Waals surface area contributed by atoms with Crippen LogP contribution < -0.4 is 21.3 Å². The second kappa shape index (κ2) is 10.2. The first-order chi connectivity index (χ1) is 19.1. The molecule has 2 aromatic rings. The fraction of sp³-hybridized carbons (Fsp3) is 0.519. The Kier molecular flexibility index (Phi) is 6.99. The van der Waals surface area contributed by atoms with Crippen molar-refractivity contribution in [2.24, 2.45) is 11.1 Å². The number of rotatable bonds is 4. The maximum Gasteiger partial charge on any atom is 0.258 e. The van der Waals surface area contributed by atoms with E-state index in [1.807, 2.05) is 21.9 Å². The van der Waals surface area contributed by atoms with E-state index in [9.17, 15) is 18.7 Å². The molecule has 4 heterocycles. The number of aliphatic hydroxyl groups excluding tert-OH is 1. The zero-order chi connectivity index (χ0) is 28.2. The number of anilines is 3. The summed E-state index contributed by atoms with van der Waals surface area (Å²) in [5.74, 6) is -2.20. The van der Waals surface area contributed by atoms with Gasteiger partial charge in [-0.25, -0.2) is 18.7 Å². The van der Waals surface area contributed by atoms with Crippen LogP contribution in [0.3, 0.4) is 0 Å². The zero-order valence-corrected chi connectivity index (χ0v) is 23.5. The molecule has 4 aliphatic rings. The number of halogens is 3. The van der Waals surface area contributed by atoms with Crippen molar-refractivity contribution in [2.45, 2.75) is 73.0 Å². The van der Waals surface area contributed by atoms with E-state index in [1.165, 1.54) is 17.8 Å². The highest BCUT2D eigenvalue weighted by molar-refractivity contribution is 7.99. The summed E-state index contributed by atoms with van der Waals surface area (Å²) in [5.41, 5.74) is 12.5. The molecule has 3 aliphatic heterocycles. The summed E-state index contributed by atoms with van der Waals surface area (Å²) in [6, 6.07) is 4.95. The van der Waals surface area contributed by atoms with Crippen molar-refractivity contribution < 1.29 is 18.7 Å². The average Bonchev–Trinajstić information content (AvgIpc) is 3.14. The second-order valence-corrected chi connectivity index (χ2v) is 12.6. The van der Waals surface area contributed by atoms with Crippen LogP contribution in [-0.4, -0.2) is 63.6 Å². The quantitative estimate of drug-likeness (QED) is 0.461. The number of carbonyl (C=O) groups is 1. The van der Waals surface area contributed by atoms with Gasteiger partial charge < -0.3 is 26.4 Å². The maximum atomic E-state index is 14.0. The van der Waals surface area contributed by atoms with Gasteiger partial charge in [-0.1, -0.05) is 29.4 Å². The summed E-state index contributed by atoms with van der Waals surface area (Å²) in [4.78, 5) is 28.2. The van der Waals surface area contributed by atoms with Crippen molar-refractivity contribution in [3.8, 4) is 0 Å². The molecule has 6 rings (SSSR count). The molecule has 214 valence electrons. The molecule has 1 aliphatic carbocycles. The van der Waals surface area contributed by atoms with Crippen molar-refractivity contribution in [3.63, 3.8) is 0 Å². The third-order valence-corrected chi connectivity index (χ3v) is 10.3. The van der Waals surface area contributed by atoms with E-state index in [0.29, 0.717) is 58.9 Å². The zero-order valence-electron chi connectivity index (χ0n) is 21.9. The SMILES string of the molecule is Nc1nc(N2CCC3(CC2)CC(F)(F)CC3N)cnc1Sc1cccc(N2C(=O)C=C(O)N3CCCC[C@@H]32)c1Cl. The highest BCUT2D eigenvalue weighted by atomic mass is 35.5. The Hall–Kier alpha value is -2.83. The Balaban J connectivity index is 1.18. The number of aromatic nitrogens is 2. The summed E-state index contributed by atoms with van der Waals surface area (Å²) < 4.78 is 28.0. The lowest BCUT2D eigenvalue weighted by atomic mass is 9.74. The highest BCUT2D eigenvalue weighted by Gasteiger charge is 2.55. The van der Waals surface area contributed by atoms with Crippen LogP contribution in [-0.2, 0) is 4.79 Å². The smallest absolute Gasteiger partial charge is 0.258 e. The van der Waals surface area contributed by atoms with E-state index >= 15 is 0 Å².